The molecule has 0 spiro atoms. The second kappa shape index (κ2) is 6.84. The van der Waals surface area contributed by atoms with Crippen LogP contribution in [-0.2, 0) is 0 Å². The van der Waals surface area contributed by atoms with Gasteiger partial charge in [0.15, 0.2) is 0 Å². The summed E-state index contributed by atoms with van der Waals surface area (Å²) < 4.78 is 0. The van der Waals surface area contributed by atoms with Crippen molar-refractivity contribution in [2.24, 2.45) is 39.9 Å². The monoisotopic (exact) mass is 348 g/mol. The third kappa shape index (κ3) is 3.21. The fourth-order valence-electron chi connectivity index (χ4n) is 7.30. The van der Waals surface area contributed by atoms with Crippen molar-refractivity contribution < 1.29 is 5.11 Å². The van der Waals surface area contributed by atoms with Crippen molar-refractivity contribution in [2.75, 3.05) is 0 Å². The van der Waals surface area contributed by atoms with Crippen molar-refractivity contribution in [2.45, 2.75) is 112 Å². The van der Waals surface area contributed by atoms with Crippen LogP contribution in [0.5, 0.6) is 0 Å². The number of rotatable bonds is 4. The van der Waals surface area contributed by atoms with E-state index in [1.807, 2.05) is 0 Å². The highest BCUT2D eigenvalue weighted by Crippen LogP contribution is 2.71. The lowest BCUT2D eigenvalue weighted by molar-refractivity contribution is -0.214. The molecule has 1 nitrogen and oxygen atoms in total. The van der Waals surface area contributed by atoms with E-state index in [-0.39, 0.29) is 6.10 Å². The lowest BCUT2D eigenvalue weighted by Gasteiger charge is -2.68. The van der Waals surface area contributed by atoms with Gasteiger partial charge in [-0.2, -0.15) is 0 Å². The summed E-state index contributed by atoms with van der Waals surface area (Å²) in [7, 11) is 0. The van der Waals surface area contributed by atoms with E-state index in [1.165, 1.54) is 51.4 Å². The second-order valence-electron chi connectivity index (χ2n) is 11.4. The molecule has 0 unspecified atom stereocenters. The van der Waals surface area contributed by atoms with Crippen LogP contribution in [0.3, 0.4) is 0 Å². The summed E-state index contributed by atoms with van der Waals surface area (Å²) in [6.07, 6.45) is 13.4. The Morgan fingerprint density at radius 1 is 0.680 bits per heavy atom. The van der Waals surface area contributed by atoms with Crippen LogP contribution in [0, 0.1) is 39.9 Å². The van der Waals surface area contributed by atoms with E-state index < -0.39 is 0 Å². The highest BCUT2D eigenvalue weighted by molar-refractivity contribution is 5.14. The lowest BCUT2D eigenvalue weighted by Crippen LogP contribution is -2.62. The quantitative estimate of drug-likeness (QED) is 0.590. The molecule has 3 aliphatic rings. The molecule has 0 bridgehead atoms. The molecule has 0 amide bonds. The summed E-state index contributed by atoms with van der Waals surface area (Å²) in [4.78, 5) is 0. The van der Waals surface area contributed by atoms with E-state index in [1.54, 1.807) is 0 Å². The van der Waals surface area contributed by atoms with Gasteiger partial charge in [0.05, 0.1) is 6.10 Å². The molecule has 3 aliphatic carbocycles. The fraction of sp³-hybridized carbons (Fsp3) is 1.00. The van der Waals surface area contributed by atoms with E-state index in [2.05, 4.69) is 41.5 Å². The molecule has 146 valence electrons. The normalized spacial score (nSPS) is 48.6. The van der Waals surface area contributed by atoms with E-state index in [4.69, 9.17) is 0 Å². The Kier molecular flexibility index (Phi) is 5.40. The topological polar surface area (TPSA) is 20.2 Å². The van der Waals surface area contributed by atoms with Crippen molar-refractivity contribution in [3.8, 4) is 0 Å². The van der Waals surface area contributed by atoms with Crippen molar-refractivity contribution in [1.29, 1.82) is 0 Å². The molecule has 1 N–H and O–H groups in total. The first-order chi connectivity index (χ1) is 11.6. The average molecular weight is 349 g/mol. The average Bonchev–Trinajstić information content (AvgIpc) is 2.52. The third-order valence-electron chi connectivity index (χ3n) is 9.63. The predicted molar refractivity (Wildman–Crippen MR) is 107 cm³/mol. The van der Waals surface area contributed by atoms with Crippen molar-refractivity contribution >= 4 is 0 Å². The van der Waals surface area contributed by atoms with Gasteiger partial charge in [-0.3, -0.25) is 0 Å². The first kappa shape index (κ1) is 19.7. The van der Waals surface area contributed by atoms with Gasteiger partial charge in [0.25, 0.3) is 0 Å². The van der Waals surface area contributed by atoms with Crippen LogP contribution in [0.1, 0.15) is 106 Å². The van der Waals surface area contributed by atoms with Crippen molar-refractivity contribution in [3.05, 3.63) is 0 Å². The van der Waals surface area contributed by atoms with E-state index in [0.717, 1.165) is 36.5 Å². The molecule has 3 fully saturated rings. The van der Waals surface area contributed by atoms with Crippen LogP contribution >= 0.6 is 0 Å². The van der Waals surface area contributed by atoms with E-state index >= 15 is 0 Å². The Morgan fingerprint density at radius 2 is 1.00 bits per heavy atom. The summed E-state index contributed by atoms with van der Waals surface area (Å²) in [6, 6.07) is 0. The maximum Gasteiger partial charge on any atom is 0.0551 e. The molecular weight excluding hydrogens is 304 g/mol. The van der Waals surface area contributed by atoms with Crippen LogP contribution in [-0.4, -0.2) is 11.2 Å². The summed E-state index contributed by atoms with van der Waals surface area (Å²) in [6.45, 7) is 14.8. The van der Waals surface area contributed by atoms with Crippen molar-refractivity contribution in [3.63, 3.8) is 0 Å². The Bertz CT molecular complexity index is 405. The Morgan fingerprint density at radius 3 is 1.24 bits per heavy atom. The van der Waals surface area contributed by atoms with Gasteiger partial charge in [-0.25, -0.2) is 0 Å². The summed E-state index contributed by atoms with van der Waals surface area (Å²) in [5.41, 5.74) is 1.32. The molecule has 0 atom stereocenters. The predicted octanol–water partition coefficient (Wildman–Crippen LogP) is 6.83. The molecule has 0 aliphatic heterocycles. The van der Waals surface area contributed by atoms with Gasteiger partial charge in [0.2, 0.25) is 0 Å². The Balaban J connectivity index is 1.78. The van der Waals surface area contributed by atoms with Gasteiger partial charge >= 0.3 is 0 Å². The van der Waals surface area contributed by atoms with Gasteiger partial charge < -0.3 is 5.11 Å². The van der Waals surface area contributed by atoms with Crippen molar-refractivity contribution in [1.82, 2.24) is 0 Å². The molecule has 25 heavy (non-hydrogen) atoms. The minimum atomic E-state index is -0.0284. The minimum absolute atomic E-state index is 0.0284. The zero-order valence-electron chi connectivity index (χ0n) is 17.9. The fourth-order valence-corrected chi connectivity index (χ4v) is 7.30. The van der Waals surface area contributed by atoms with Gasteiger partial charge in [-0.05, 0) is 104 Å². The Hall–Kier alpha value is -0.0400. The highest BCUT2D eigenvalue weighted by Gasteiger charge is 2.64. The summed E-state index contributed by atoms with van der Waals surface area (Å²) in [5, 5.41) is 10.4. The third-order valence-corrected chi connectivity index (χ3v) is 9.63. The van der Waals surface area contributed by atoms with Crippen LogP contribution < -0.4 is 0 Å². The second-order valence-corrected chi connectivity index (χ2v) is 11.4. The number of aliphatic hydroxyl groups is 1. The lowest BCUT2D eigenvalue weighted by atomic mass is 9.37. The molecule has 0 heterocycles. The summed E-state index contributed by atoms with van der Waals surface area (Å²) in [5.74, 6) is 3.54. The van der Waals surface area contributed by atoms with E-state index in [9.17, 15) is 5.11 Å². The van der Waals surface area contributed by atoms with Gasteiger partial charge in [-0.1, -0.05) is 41.5 Å². The Labute approximate surface area is 157 Å². The van der Waals surface area contributed by atoms with Crippen LogP contribution in [0.4, 0.5) is 0 Å². The molecule has 3 saturated carbocycles. The van der Waals surface area contributed by atoms with Gasteiger partial charge in [-0.15, -0.1) is 0 Å². The van der Waals surface area contributed by atoms with Gasteiger partial charge in [0, 0.05) is 0 Å². The largest absolute Gasteiger partial charge is 0.393 e. The molecule has 0 aromatic rings. The molecule has 3 rings (SSSR count). The molecule has 0 saturated heterocycles. The number of aliphatic hydroxyl groups excluding tert-OH is 1. The molecule has 0 radical (unpaired) electrons. The molecule has 1 heteroatoms. The number of hydrogen-bond donors (Lipinski definition) is 1. The zero-order chi connectivity index (χ0) is 18.5. The number of hydrogen-bond acceptors (Lipinski definition) is 1. The first-order valence-electron chi connectivity index (χ1n) is 11.3. The maximum atomic E-state index is 10.4. The highest BCUT2D eigenvalue weighted by atomic mass is 16.3. The molecule has 0 aromatic heterocycles. The smallest absolute Gasteiger partial charge is 0.0551 e. The van der Waals surface area contributed by atoms with E-state index in [0.29, 0.717) is 16.2 Å². The zero-order valence-corrected chi connectivity index (χ0v) is 17.9. The maximum absolute atomic E-state index is 10.4. The first-order valence-corrected chi connectivity index (χ1v) is 11.3. The summed E-state index contributed by atoms with van der Waals surface area (Å²) >= 11 is 0. The SMILES string of the molecule is CC(C)C1CCC(C)(C2(C3(C)CCC(C(C)C)CC3)CC(O)C2)CC1. The van der Waals surface area contributed by atoms with Crippen LogP contribution in [0.2, 0.25) is 0 Å². The molecular formula is C24H44O. The van der Waals surface area contributed by atoms with Crippen LogP contribution in [0.25, 0.3) is 0 Å². The standard InChI is InChI=1S/C24H44O/c1-17(2)19-7-11-22(5,12-8-19)24(15-21(25)16-24)23(6)13-9-20(10-14-23)18(3)4/h17-21,25H,7-16H2,1-6H3. The van der Waals surface area contributed by atoms with Gasteiger partial charge in [0.1, 0.15) is 0 Å². The minimum Gasteiger partial charge on any atom is -0.393 e. The van der Waals surface area contributed by atoms with Crippen LogP contribution in [0.15, 0.2) is 0 Å². The molecule has 0 aromatic carbocycles.